The average molecular weight is 270 g/mol. The number of hydrogen-bond donors (Lipinski definition) is 0. The molecule has 0 atom stereocenters. The molecule has 1 aromatic heterocycles. The van der Waals surface area contributed by atoms with Gasteiger partial charge in [0.25, 0.3) is 0 Å². The molecule has 0 saturated heterocycles. The Morgan fingerprint density at radius 1 is 1.20 bits per heavy atom. The highest BCUT2D eigenvalue weighted by Crippen LogP contribution is 2.32. The van der Waals surface area contributed by atoms with Crippen LogP contribution in [0.15, 0.2) is 36.7 Å². The van der Waals surface area contributed by atoms with Crippen molar-refractivity contribution in [3.63, 3.8) is 0 Å². The third-order valence-electron chi connectivity index (χ3n) is 4.06. The molecule has 1 aromatic carbocycles. The van der Waals surface area contributed by atoms with E-state index in [-0.39, 0.29) is 5.82 Å². The number of nitrogens with zero attached hydrogens (tertiary/aromatic N) is 2. The molecule has 0 bridgehead atoms. The van der Waals surface area contributed by atoms with Crippen LogP contribution >= 0.6 is 0 Å². The van der Waals surface area contributed by atoms with Gasteiger partial charge >= 0.3 is 0 Å². The molecule has 20 heavy (non-hydrogen) atoms. The summed E-state index contributed by atoms with van der Waals surface area (Å²) >= 11 is 0. The van der Waals surface area contributed by atoms with Crippen molar-refractivity contribution in [2.45, 2.75) is 26.2 Å². The smallest absolute Gasteiger partial charge is 0.146 e. The first-order valence-electron chi connectivity index (χ1n) is 7.17. The van der Waals surface area contributed by atoms with Gasteiger partial charge in [0.1, 0.15) is 5.82 Å². The SMILES string of the molecule is Cc1ccc(F)c2c1CCCN2CCc1ccncc1. The lowest BCUT2D eigenvalue weighted by Gasteiger charge is -2.32. The van der Waals surface area contributed by atoms with Crippen LogP contribution in [-0.2, 0) is 12.8 Å². The maximum Gasteiger partial charge on any atom is 0.146 e. The van der Waals surface area contributed by atoms with E-state index in [4.69, 9.17) is 0 Å². The first-order chi connectivity index (χ1) is 9.75. The van der Waals surface area contributed by atoms with Crippen LogP contribution in [0, 0.1) is 12.7 Å². The molecule has 0 saturated carbocycles. The number of anilines is 1. The fourth-order valence-electron chi connectivity index (χ4n) is 2.96. The summed E-state index contributed by atoms with van der Waals surface area (Å²) in [6.07, 6.45) is 6.64. The fraction of sp³-hybridized carbons (Fsp3) is 0.353. The van der Waals surface area contributed by atoms with Crippen LogP contribution in [0.3, 0.4) is 0 Å². The van der Waals surface area contributed by atoms with Crippen LogP contribution in [0.5, 0.6) is 0 Å². The summed E-state index contributed by atoms with van der Waals surface area (Å²) in [6.45, 7) is 3.88. The van der Waals surface area contributed by atoms with Crippen LogP contribution in [0.2, 0.25) is 0 Å². The highest BCUT2D eigenvalue weighted by atomic mass is 19.1. The number of benzene rings is 1. The summed E-state index contributed by atoms with van der Waals surface area (Å²) in [5.41, 5.74) is 4.46. The van der Waals surface area contributed by atoms with Crippen molar-refractivity contribution in [2.75, 3.05) is 18.0 Å². The Kier molecular flexibility index (Phi) is 3.68. The lowest BCUT2D eigenvalue weighted by atomic mass is 9.96. The third kappa shape index (κ3) is 2.53. The summed E-state index contributed by atoms with van der Waals surface area (Å²) < 4.78 is 14.2. The number of rotatable bonds is 3. The van der Waals surface area contributed by atoms with E-state index in [1.165, 1.54) is 16.7 Å². The molecule has 1 aliphatic heterocycles. The van der Waals surface area contributed by atoms with E-state index in [1.54, 1.807) is 6.07 Å². The van der Waals surface area contributed by atoms with Gasteiger partial charge in [0, 0.05) is 25.5 Å². The van der Waals surface area contributed by atoms with Gasteiger partial charge in [-0.25, -0.2) is 4.39 Å². The van der Waals surface area contributed by atoms with Gasteiger partial charge in [-0.1, -0.05) is 6.07 Å². The van der Waals surface area contributed by atoms with Gasteiger partial charge in [0.15, 0.2) is 0 Å². The highest BCUT2D eigenvalue weighted by molar-refractivity contribution is 5.59. The number of aryl methyl sites for hydroxylation is 1. The Labute approximate surface area is 119 Å². The number of aromatic nitrogens is 1. The molecule has 0 amide bonds. The Morgan fingerprint density at radius 2 is 2.00 bits per heavy atom. The minimum atomic E-state index is -0.0833. The van der Waals surface area contributed by atoms with E-state index < -0.39 is 0 Å². The molecular formula is C17H19FN2. The van der Waals surface area contributed by atoms with E-state index in [1.807, 2.05) is 30.6 Å². The Bertz CT molecular complexity index is 595. The van der Waals surface area contributed by atoms with Gasteiger partial charge in [-0.05, 0) is 61.1 Å². The zero-order chi connectivity index (χ0) is 13.9. The topological polar surface area (TPSA) is 16.1 Å². The van der Waals surface area contributed by atoms with Gasteiger partial charge in [-0.3, -0.25) is 4.98 Å². The zero-order valence-electron chi connectivity index (χ0n) is 11.8. The molecule has 3 heteroatoms. The van der Waals surface area contributed by atoms with Crippen molar-refractivity contribution in [3.8, 4) is 0 Å². The summed E-state index contributed by atoms with van der Waals surface area (Å²) in [6, 6.07) is 7.54. The second-order valence-electron chi connectivity index (χ2n) is 5.39. The van der Waals surface area contributed by atoms with Crippen molar-refractivity contribution in [1.29, 1.82) is 0 Å². The molecule has 3 rings (SSSR count). The van der Waals surface area contributed by atoms with Crippen LogP contribution < -0.4 is 4.90 Å². The largest absolute Gasteiger partial charge is 0.369 e. The minimum Gasteiger partial charge on any atom is -0.369 e. The van der Waals surface area contributed by atoms with Gasteiger partial charge in [-0.2, -0.15) is 0 Å². The summed E-state index contributed by atoms with van der Waals surface area (Å²) in [4.78, 5) is 6.22. The van der Waals surface area contributed by atoms with Crippen LogP contribution in [0.1, 0.15) is 23.1 Å². The molecule has 0 spiro atoms. The lowest BCUT2D eigenvalue weighted by molar-refractivity contribution is 0.594. The van der Waals surface area contributed by atoms with Crippen molar-refractivity contribution in [1.82, 2.24) is 4.98 Å². The van der Waals surface area contributed by atoms with Crippen LogP contribution in [0.25, 0.3) is 0 Å². The van der Waals surface area contributed by atoms with Gasteiger partial charge < -0.3 is 4.90 Å². The quantitative estimate of drug-likeness (QED) is 0.848. The monoisotopic (exact) mass is 270 g/mol. The Morgan fingerprint density at radius 3 is 2.80 bits per heavy atom. The zero-order valence-corrected chi connectivity index (χ0v) is 11.8. The standard InChI is InChI=1S/C17H19FN2/c1-13-4-5-16(18)17-15(13)3-2-11-20(17)12-8-14-6-9-19-10-7-14/h4-7,9-10H,2-3,8,11-12H2,1H3. The molecule has 1 aliphatic rings. The van der Waals surface area contributed by atoms with E-state index in [0.29, 0.717) is 0 Å². The number of halogens is 1. The number of hydrogen-bond acceptors (Lipinski definition) is 2. The summed E-state index contributed by atoms with van der Waals surface area (Å²) in [5, 5.41) is 0. The summed E-state index contributed by atoms with van der Waals surface area (Å²) in [7, 11) is 0. The highest BCUT2D eigenvalue weighted by Gasteiger charge is 2.21. The molecule has 0 fully saturated rings. The Balaban J connectivity index is 1.82. The van der Waals surface area contributed by atoms with E-state index in [9.17, 15) is 4.39 Å². The second-order valence-corrected chi connectivity index (χ2v) is 5.39. The van der Waals surface area contributed by atoms with Crippen LogP contribution in [0.4, 0.5) is 10.1 Å². The minimum absolute atomic E-state index is 0.0833. The van der Waals surface area contributed by atoms with E-state index in [0.717, 1.165) is 38.0 Å². The molecule has 2 nitrogen and oxygen atoms in total. The van der Waals surface area contributed by atoms with Crippen molar-refractivity contribution >= 4 is 5.69 Å². The Hall–Kier alpha value is -1.90. The molecule has 2 heterocycles. The maximum absolute atomic E-state index is 14.2. The maximum atomic E-state index is 14.2. The molecule has 0 N–H and O–H groups in total. The molecule has 0 radical (unpaired) electrons. The molecule has 2 aromatic rings. The predicted molar refractivity (Wildman–Crippen MR) is 79.6 cm³/mol. The van der Waals surface area contributed by atoms with E-state index in [2.05, 4.69) is 16.8 Å². The van der Waals surface area contributed by atoms with Gasteiger partial charge in [-0.15, -0.1) is 0 Å². The predicted octanol–water partition coefficient (Wildman–Crippen LogP) is 3.52. The summed E-state index contributed by atoms with van der Waals surface area (Å²) in [5.74, 6) is -0.0833. The van der Waals surface area contributed by atoms with E-state index >= 15 is 0 Å². The molecular weight excluding hydrogens is 251 g/mol. The molecule has 0 unspecified atom stereocenters. The third-order valence-corrected chi connectivity index (χ3v) is 4.06. The first kappa shape index (κ1) is 13.1. The van der Waals surface area contributed by atoms with Gasteiger partial charge in [0.05, 0.1) is 5.69 Å². The fourth-order valence-corrected chi connectivity index (χ4v) is 2.96. The number of fused-ring (bicyclic) bond motifs is 1. The lowest BCUT2D eigenvalue weighted by Crippen LogP contribution is -2.32. The average Bonchev–Trinajstić information content (AvgIpc) is 2.50. The first-order valence-corrected chi connectivity index (χ1v) is 7.17. The number of pyridine rings is 1. The van der Waals surface area contributed by atoms with Gasteiger partial charge in [0.2, 0.25) is 0 Å². The van der Waals surface area contributed by atoms with Crippen molar-refractivity contribution in [3.05, 3.63) is 59.2 Å². The molecule has 104 valence electrons. The van der Waals surface area contributed by atoms with Crippen molar-refractivity contribution < 1.29 is 4.39 Å². The normalized spacial score (nSPS) is 14.2. The second kappa shape index (κ2) is 5.61. The van der Waals surface area contributed by atoms with Crippen molar-refractivity contribution in [2.24, 2.45) is 0 Å². The van der Waals surface area contributed by atoms with Crippen LogP contribution in [-0.4, -0.2) is 18.1 Å². The molecule has 0 aliphatic carbocycles.